The highest BCUT2D eigenvalue weighted by atomic mass is 19.1. The monoisotopic (exact) mass is 394 g/mol. The van der Waals surface area contributed by atoms with Crippen molar-refractivity contribution in [3.05, 3.63) is 35.4 Å². The molecule has 0 radical (unpaired) electrons. The van der Waals surface area contributed by atoms with Crippen molar-refractivity contribution in [1.29, 1.82) is 0 Å². The van der Waals surface area contributed by atoms with E-state index in [1.54, 1.807) is 9.80 Å². The molecule has 1 spiro atoms. The van der Waals surface area contributed by atoms with Crippen LogP contribution in [0, 0.1) is 23.0 Å². The molecule has 28 heavy (non-hydrogen) atoms. The van der Waals surface area contributed by atoms with Crippen LogP contribution in [-0.4, -0.2) is 74.2 Å². The summed E-state index contributed by atoms with van der Waals surface area (Å²) in [4.78, 5) is 29.6. The first-order valence-electron chi connectivity index (χ1n) is 9.68. The molecular formula is C20H24F2N2O4. The Labute approximate surface area is 162 Å². The molecule has 3 saturated heterocycles. The Morgan fingerprint density at radius 2 is 1.54 bits per heavy atom. The second-order valence-corrected chi connectivity index (χ2v) is 7.81. The van der Waals surface area contributed by atoms with E-state index in [1.807, 2.05) is 0 Å². The van der Waals surface area contributed by atoms with Gasteiger partial charge >= 0.3 is 0 Å². The molecule has 3 heterocycles. The molecule has 6 nitrogen and oxygen atoms in total. The molecule has 1 aromatic carbocycles. The van der Waals surface area contributed by atoms with E-state index in [0.717, 1.165) is 18.2 Å². The van der Waals surface area contributed by atoms with Crippen molar-refractivity contribution < 1.29 is 27.8 Å². The molecule has 4 rings (SSSR count). The SMILES string of the molecule is O=C(c1cc(F)cc(F)c1)N1C[C@@H](C(=O)N2CCOCC2)C2(CCOCC2)C1. The lowest BCUT2D eigenvalue weighted by atomic mass is 9.71. The van der Waals surface area contributed by atoms with Crippen LogP contribution in [0.25, 0.3) is 0 Å². The summed E-state index contributed by atoms with van der Waals surface area (Å²) >= 11 is 0. The second-order valence-electron chi connectivity index (χ2n) is 7.81. The highest BCUT2D eigenvalue weighted by Crippen LogP contribution is 2.45. The second kappa shape index (κ2) is 7.75. The van der Waals surface area contributed by atoms with Crippen LogP contribution >= 0.6 is 0 Å². The van der Waals surface area contributed by atoms with Gasteiger partial charge in [0.15, 0.2) is 0 Å². The Hall–Kier alpha value is -2.06. The Balaban J connectivity index is 1.58. The average Bonchev–Trinajstić information content (AvgIpc) is 3.05. The van der Waals surface area contributed by atoms with Crippen molar-refractivity contribution in [2.45, 2.75) is 12.8 Å². The lowest BCUT2D eigenvalue weighted by Crippen LogP contribution is -2.49. The van der Waals surface area contributed by atoms with Crippen LogP contribution in [0.2, 0.25) is 0 Å². The highest BCUT2D eigenvalue weighted by Gasteiger charge is 2.52. The van der Waals surface area contributed by atoms with E-state index in [4.69, 9.17) is 9.47 Å². The van der Waals surface area contributed by atoms with E-state index in [1.165, 1.54) is 0 Å². The molecule has 2 amide bonds. The van der Waals surface area contributed by atoms with Gasteiger partial charge in [-0.2, -0.15) is 0 Å². The molecule has 3 aliphatic rings. The average molecular weight is 394 g/mol. The van der Waals surface area contributed by atoms with E-state index >= 15 is 0 Å². The lowest BCUT2D eigenvalue weighted by Gasteiger charge is -2.39. The van der Waals surface area contributed by atoms with E-state index in [2.05, 4.69) is 0 Å². The van der Waals surface area contributed by atoms with Crippen molar-refractivity contribution >= 4 is 11.8 Å². The van der Waals surface area contributed by atoms with Crippen LogP contribution in [0.4, 0.5) is 8.78 Å². The van der Waals surface area contributed by atoms with E-state index in [-0.39, 0.29) is 29.3 Å². The fourth-order valence-electron chi connectivity index (χ4n) is 4.61. The number of hydrogen-bond donors (Lipinski definition) is 0. The first-order valence-corrected chi connectivity index (χ1v) is 9.68. The van der Waals surface area contributed by atoms with Crippen LogP contribution in [-0.2, 0) is 14.3 Å². The van der Waals surface area contributed by atoms with Crippen LogP contribution in [0.3, 0.4) is 0 Å². The zero-order valence-electron chi connectivity index (χ0n) is 15.7. The molecule has 0 aromatic heterocycles. The number of carbonyl (C=O) groups excluding carboxylic acids is 2. The standard InChI is InChI=1S/C20H24F2N2O4/c21-15-9-14(10-16(22)11-15)18(25)24-12-17(19(26)23-3-7-28-8-4-23)20(13-24)1-5-27-6-2-20/h9-11,17H,1-8,12-13H2/t17-/m0/s1. The summed E-state index contributed by atoms with van der Waals surface area (Å²) in [5.74, 6) is -2.32. The third-order valence-electron chi connectivity index (χ3n) is 6.15. The van der Waals surface area contributed by atoms with Gasteiger partial charge in [-0.3, -0.25) is 9.59 Å². The quantitative estimate of drug-likeness (QED) is 0.766. The van der Waals surface area contributed by atoms with E-state index in [9.17, 15) is 18.4 Å². The zero-order valence-corrected chi connectivity index (χ0v) is 15.7. The normalized spacial score (nSPS) is 24.6. The van der Waals surface area contributed by atoms with Crippen LogP contribution in [0.1, 0.15) is 23.2 Å². The maximum atomic E-state index is 13.6. The van der Waals surface area contributed by atoms with Crippen LogP contribution in [0.5, 0.6) is 0 Å². The number of hydrogen-bond acceptors (Lipinski definition) is 4. The number of likely N-dealkylation sites (tertiary alicyclic amines) is 1. The number of morpholine rings is 1. The summed E-state index contributed by atoms with van der Waals surface area (Å²) in [7, 11) is 0. The van der Waals surface area contributed by atoms with Crippen molar-refractivity contribution in [2.75, 3.05) is 52.6 Å². The largest absolute Gasteiger partial charge is 0.381 e. The summed E-state index contributed by atoms with van der Waals surface area (Å²) in [6.45, 7) is 3.86. The summed E-state index contributed by atoms with van der Waals surface area (Å²) in [5.41, 5.74) is -0.381. The van der Waals surface area contributed by atoms with Gasteiger partial charge in [0, 0.05) is 56.4 Å². The minimum atomic E-state index is -0.788. The Bertz CT molecular complexity index is 740. The van der Waals surface area contributed by atoms with Gasteiger partial charge in [-0.25, -0.2) is 8.78 Å². The zero-order chi connectivity index (χ0) is 19.7. The smallest absolute Gasteiger partial charge is 0.254 e. The lowest BCUT2D eigenvalue weighted by molar-refractivity contribution is -0.144. The number of amides is 2. The number of halogens is 2. The van der Waals surface area contributed by atoms with Crippen LogP contribution in [0.15, 0.2) is 18.2 Å². The third-order valence-corrected chi connectivity index (χ3v) is 6.15. The van der Waals surface area contributed by atoms with E-state index in [0.29, 0.717) is 58.9 Å². The Morgan fingerprint density at radius 3 is 2.18 bits per heavy atom. The molecule has 0 saturated carbocycles. The van der Waals surface area contributed by atoms with Crippen molar-refractivity contribution in [3.8, 4) is 0 Å². The predicted molar refractivity (Wildman–Crippen MR) is 95.6 cm³/mol. The first-order chi connectivity index (χ1) is 13.5. The molecule has 152 valence electrons. The topological polar surface area (TPSA) is 59.1 Å². The summed E-state index contributed by atoms with van der Waals surface area (Å²) < 4.78 is 38.0. The Kier molecular flexibility index (Phi) is 5.33. The number of ether oxygens (including phenoxy) is 2. The molecular weight excluding hydrogens is 370 g/mol. The number of benzene rings is 1. The van der Waals surface area contributed by atoms with Crippen LogP contribution < -0.4 is 0 Å². The van der Waals surface area contributed by atoms with E-state index < -0.39 is 17.5 Å². The van der Waals surface area contributed by atoms with Gasteiger partial charge in [0.2, 0.25) is 5.91 Å². The third kappa shape index (κ3) is 3.63. The predicted octanol–water partition coefficient (Wildman–Crippen LogP) is 1.69. The van der Waals surface area contributed by atoms with Gasteiger partial charge in [-0.05, 0) is 25.0 Å². The number of carbonyl (C=O) groups is 2. The molecule has 3 fully saturated rings. The van der Waals surface area contributed by atoms with Gasteiger partial charge in [0.05, 0.1) is 19.1 Å². The van der Waals surface area contributed by atoms with Gasteiger partial charge in [-0.15, -0.1) is 0 Å². The molecule has 0 aliphatic carbocycles. The molecule has 0 unspecified atom stereocenters. The van der Waals surface area contributed by atoms with Gasteiger partial charge in [0.1, 0.15) is 11.6 Å². The molecule has 8 heteroatoms. The Morgan fingerprint density at radius 1 is 0.929 bits per heavy atom. The minimum absolute atomic E-state index is 0.0285. The maximum absolute atomic E-state index is 13.6. The first kappa shape index (κ1) is 19.3. The van der Waals surface area contributed by atoms with Crippen molar-refractivity contribution in [1.82, 2.24) is 9.80 Å². The van der Waals surface area contributed by atoms with Crippen molar-refractivity contribution in [2.24, 2.45) is 11.3 Å². The summed E-state index contributed by atoms with van der Waals surface area (Å²) in [6, 6.07) is 2.82. The maximum Gasteiger partial charge on any atom is 0.254 e. The molecule has 0 N–H and O–H groups in total. The van der Waals surface area contributed by atoms with Gasteiger partial charge < -0.3 is 19.3 Å². The fraction of sp³-hybridized carbons (Fsp3) is 0.600. The van der Waals surface area contributed by atoms with Gasteiger partial charge in [-0.1, -0.05) is 0 Å². The molecule has 0 bridgehead atoms. The highest BCUT2D eigenvalue weighted by molar-refractivity contribution is 5.95. The fourth-order valence-corrected chi connectivity index (χ4v) is 4.61. The summed E-state index contributed by atoms with van der Waals surface area (Å²) in [6.07, 6.45) is 1.38. The number of rotatable bonds is 2. The molecule has 1 atom stereocenters. The van der Waals surface area contributed by atoms with Crippen molar-refractivity contribution in [3.63, 3.8) is 0 Å². The molecule has 1 aromatic rings. The number of nitrogens with zero attached hydrogens (tertiary/aromatic N) is 2. The molecule has 3 aliphatic heterocycles. The van der Waals surface area contributed by atoms with Gasteiger partial charge in [0.25, 0.3) is 5.91 Å². The summed E-state index contributed by atoms with van der Waals surface area (Å²) in [5, 5.41) is 0. The minimum Gasteiger partial charge on any atom is -0.381 e.